The van der Waals surface area contributed by atoms with Gasteiger partial charge >= 0.3 is 5.97 Å². The summed E-state index contributed by atoms with van der Waals surface area (Å²) in [5.74, 6) is 0.732. The molecule has 0 aliphatic heterocycles. The summed E-state index contributed by atoms with van der Waals surface area (Å²) in [6.45, 7) is 6.57. The summed E-state index contributed by atoms with van der Waals surface area (Å²) < 4.78 is 5.36. The normalized spacial score (nSPS) is 10.8. The highest BCUT2D eigenvalue weighted by Crippen LogP contribution is 2.26. The Morgan fingerprint density at radius 1 is 1.30 bits per heavy atom. The van der Waals surface area contributed by atoms with Crippen molar-refractivity contribution in [2.75, 3.05) is 6.61 Å². The van der Waals surface area contributed by atoms with Crippen molar-refractivity contribution < 1.29 is 14.6 Å². The quantitative estimate of drug-likeness (QED) is 0.841. The van der Waals surface area contributed by atoms with Gasteiger partial charge in [-0.1, -0.05) is 13.8 Å². The van der Waals surface area contributed by atoms with Crippen LogP contribution in [0.25, 0.3) is 11.3 Å². The molecule has 5 heteroatoms. The standard InChI is InChI=1S/C18H22N2O3/c1-4-23-16-7-6-13(11-14(16)18(21)22)15-9-10-19-17(20-15)8-5-12(2)3/h6-7,9-12H,4-5,8H2,1-3H3,(H,21,22). The molecule has 1 aromatic carbocycles. The molecule has 2 aromatic rings. The first-order chi connectivity index (χ1) is 11.0. The fraction of sp³-hybridized carbons (Fsp3) is 0.389. The number of benzene rings is 1. The van der Waals surface area contributed by atoms with Gasteiger partial charge in [0.2, 0.25) is 0 Å². The van der Waals surface area contributed by atoms with Gasteiger partial charge in [0.1, 0.15) is 17.1 Å². The number of carboxylic acid groups (broad SMARTS) is 1. The SMILES string of the molecule is CCOc1ccc(-c2ccnc(CCC(C)C)n2)cc1C(=O)O. The van der Waals surface area contributed by atoms with Crippen LogP contribution in [0.5, 0.6) is 5.75 Å². The molecule has 0 aliphatic rings. The van der Waals surface area contributed by atoms with Crippen molar-refractivity contribution >= 4 is 5.97 Å². The lowest BCUT2D eigenvalue weighted by molar-refractivity contribution is 0.0692. The third-order valence-corrected chi connectivity index (χ3v) is 3.46. The molecule has 0 bridgehead atoms. The maximum Gasteiger partial charge on any atom is 0.339 e. The van der Waals surface area contributed by atoms with E-state index in [-0.39, 0.29) is 5.56 Å². The number of aryl methyl sites for hydroxylation is 1. The summed E-state index contributed by atoms with van der Waals surface area (Å²) in [6.07, 6.45) is 3.55. The van der Waals surface area contributed by atoms with Gasteiger partial charge in [-0.3, -0.25) is 0 Å². The molecule has 0 saturated heterocycles. The molecule has 1 aromatic heterocycles. The van der Waals surface area contributed by atoms with Gasteiger partial charge in [0.15, 0.2) is 0 Å². The fourth-order valence-electron chi connectivity index (χ4n) is 2.24. The molecule has 0 saturated carbocycles. The van der Waals surface area contributed by atoms with Crippen molar-refractivity contribution in [2.24, 2.45) is 5.92 Å². The van der Waals surface area contributed by atoms with Gasteiger partial charge in [0.25, 0.3) is 0 Å². The van der Waals surface area contributed by atoms with E-state index < -0.39 is 5.97 Å². The van der Waals surface area contributed by atoms with Gasteiger partial charge in [-0.05, 0) is 43.5 Å². The van der Waals surface area contributed by atoms with E-state index in [1.807, 2.05) is 13.0 Å². The number of aromatic nitrogens is 2. The van der Waals surface area contributed by atoms with Crippen molar-refractivity contribution in [3.05, 3.63) is 41.9 Å². The van der Waals surface area contributed by atoms with E-state index >= 15 is 0 Å². The Balaban J connectivity index is 2.32. The molecule has 0 atom stereocenters. The average molecular weight is 314 g/mol. The molecule has 1 heterocycles. The maximum atomic E-state index is 11.4. The average Bonchev–Trinajstić information content (AvgIpc) is 2.53. The zero-order valence-electron chi connectivity index (χ0n) is 13.7. The van der Waals surface area contributed by atoms with E-state index in [0.717, 1.165) is 29.9 Å². The Morgan fingerprint density at radius 2 is 2.09 bits per heavy atom. The van der Waals surface area contributed by atoms with Crippen LogP contribution < -0.4 is 4.74 Å². The van der Waals surface area contributed by atoms with Gasteiger partial charge < -0.3 is 9.84 Å². The van der Waals surface area contributed by atoms with Gasteiger partial charge in [0.05, 0.1) is 12.3 Å². The zero-order valence-corrected chi connectivity index (χ0v) is 13.7. The van der Waals surface area contributed by atoms with E-state index in [0.29, 0.717) is 18.3 Å². The number of ether oxygens (including phenoxy) is 1. The van der Waals surface area contributed by atoms with E-state index in [1.54, 1.807) is 24.4 Å². The van der Waals surface area contributed by atoms with Crippen LogP contribution >= 0.6 is 0 Å². The molecular formula is C18H22N2O3. The summed E-state index contributed by atoms with van der Waals surface area (Å²) in [5, 5.41) is 9.35. The summed E-state index contributed by atoms with van der Waals surface area (Å²) in [7, 11) is 0. The predicted octanol–water partition coefficient (Wildman–Crippen LogP) is 3.83. The molecular weight excluding hydrogens is 292 g/mol. The molecule has 0 amide bonds. The number of hydrogen-bond acceptors (Lipinski definition) is 4. The number of carboxylic acids is 1. The van der Waals surface area contributed by atoms with Gasteiger partial charge in [-0.15, -0.1) is 0 Å². The van der Waals surface area contributed by atoms with Crippen molar-refractivity contribution in [2.45, 2.75) is 33.6 Å². The van der Waals surface area contributed by atoms with E-state index in [2.05, 4.69) is 23.8 Å². The molecule has 0 fully saturated rings. The second-order valence-corrected chi connectivity index (χ2v) is 5.74. The number of carbonyl (C=O) groups is 1. The van der Waals surface area contributed by atoms with Crippen LogP contribution in [0, 0.1) is 5.92 Å². The maximum absolute atomic E-state index is 11.4. The lowest BCUT2D eigenvalue weighted by Gasteiger charge is -2.10. The van der Waals surface area contributed by atoms with E-state index in [1.165, 1.54) is 0 Å². The highest BCUT2D eigenvalue weighted by Gasteiger charge is 2.13. The Labute approximate surface area is 136 Å². The minimum atomic E-state index is -1.01. The predicted molar refractivity (Wildman–Crippen MR) is 88.8 cm³/mol. The summed E-state index contributed by atoms with van der Waals surface area (Å²) in [6, 6.07) is 6.90. The van der Waals surface area contributed by atoms with Gasteiger partial charge in [0, 0.05) is 18.2 Å². The van der Waals surface area contributed by atoms with Crippen LogP contribution in [0.1, 0.15) is 43.4 Å². The molecule has 1 N–H and O–H groups in total. The minimum Gasteiger partial charge on any atom is -0.493 e. The molecule has 23 heavy (non-hydrogen) atoms. The highest BCUT2D eigenvalue weighted by atomic mass is 16.5. The molecule has 122 valence electrons. The first kappa shape index (κ1) is 16.9. The van der Waals surface area contributed by atoms with Gasteiger partial charge in [-0.25, -0.2) is 14.8 Å². The largest absolute Gasteiger partial charge is 0.493 e. The smallest absolute Gasteiger partial charge is 0.339 e. The van der Waals surface area contributed by atoms with Crippen molar-refractivity contribution in [3.8, 4) is 17.0 Å². The summed E-state index contributed by atoms with van der Waals surface area (Å²) in [5.41, 5.74) is 1.62. The first-order valence-electron chi connectivity index (χ1n) is 7.83. The summed E-state index contributed by atoms with van der Waals surface area (Å²) in [4.78, 5) is 20.2. The van der Waals surface area contributed by atoms with Gasteiger partial charge in [-0.2, -0.15) is 0 Å². The molecule has 0 spiro atoms. The second kappa shape index (κ2) is 7.72. The van der Waals surface area contributed by atoms with Crippen molar-refractivity contribution in [1.82, 2.24) is 9.97 Å². The monoisotopic (exact) mass is 314 g/mol. The van der Waals surface area contributed by atoms with Crippen LogP contribution in [0.3, 0.4) is 0 Å². The number of nitrogens with zero attached hydrogens (tertiary/aromatic N) is 2. The third kappa shape index (κ3) is 4.52. The molecule has 0 unspecified atom stereocenters. The Morgan fingerprint density at radius 3 is 2.74 bits per heavy atom. The molecule has 0 aliphatic carbocycles. The topological polar surface area (TPSA) is 72.3 Å². The zero-order chi connectivity index (χ0) is 16.8. The molecule has 2 rings (SSSR count). The number of aromatic carboxylic acids is 1. The third-order valence-electron chi connectivity index (χ3n) is 3.46. The number of rotatable bonds is 7. The van der Waals surface area contributed by atoms with Crippen molar-refractivity contribution in [3.63, 3.8) is 0 Å². The van der Waals surface area contributed by atoms with Crippen LogP contribution in [-0.2, 0) is 6.42 Å². The molecule has 5 nitrogen and oxygen atoms in total. The first-order valence-corrected chi connectivity index (χ1v) is 7.83. The van der Waals surface area contributed by atoms with Crippen LogP contribution in [0.4, 0.5) is 0 Å². The van der Waals surface area contributed by atoms with Crippen LogP contribution in [0.15, 0.2) is 30.5 Å². The lowest BCUT2D eigenvalue weighted by atomic mass is 10.1. The van der Waals surface area contributed by atoms with E-state index in [4.69, 9.17) is 4.74 Å². The highest BCUT2D eigenvalue weighted by molar-refractivity contribution is 5.92. The number of hydrogen-bond donors (Lipinski definition) is 1. The van der Waals surface area contributed by atoms with E-state index in [9.17, 15) is 9.90 Å². The minimum absolute atomic E-state index is 0.145. The van der Waals surface area contributed by atoms with Crippen molar-refractivity contribution in [1.29, 1.82) is 0 Å². The Bertz CT molecular complexity index is 684. The van der Waals surface area contributed by atoms with Crippen LogP contribution in [0.2, 0.25) is 0 Å². The molecule has 0 radical (unpaired) electrons. The Kier molecular flexibility index (Phi) is 5.68. The Hall–Kier alpha value is -2.43. The lowest BCUT2D eigenvalue weighted by Crippen LogP contribution is -2.04. The fourth-order valence-corrected chi connectivity index (χ4v) is 2.24. The second-order valence-electron chi connectivity index (χ2n) is 5.74. The van der Waals surface area contributed by atoms with Crippen LogP contribution in [-0.4, -0.2) is 27.7 Å². The summed E-state index contributed by atoms with van der Waals surface area (Å²) >= 11 is 0.